The topological polar surface area (TPSA) is 20.3 Å². The molecule has 108 valence electrons. The second-order valence-electron chi connectivity index (χ2n) is 7.07. The van der Waals surface area contributed by atoms with Crippen molar-refractivity contribution in [1.29, 1.82) is 0 Å². The van der Waals surface area contributed by atoms with Crippen LogP contribution in [0.4, 0.5) is 0 Å². The van der Waals surface area contributed by atoms with Crippen LogP contribution in [0.2, 0.25) is 0 Å². The second kappa shape index (κ2) is 6.58. The van der Waals surface area contributed by atoms with Crippen LogP contribution in [0.3, 0.4) is 0 Å². The molecule has 0 aliphatic heterocycles. The van der Waals surface area contributed by atoms with Crippen LogP contribution in [0.25, 0.3) is 0 Å². The Labute approximate surface area is 114 Å². The first-order valence-electron chi connectivity index (χ1n) is 7.37. The highest BCUT2D eigenvalue weighted by molar-refractivity contribution is 5.78. The summed E-state index contributed by atoms with van der Waals surface area (Å²) in [5.41, 5.74) is 0.399. The number of nitrogens with zero attached hydrogens (tertiary/aromatic N) is 1. The fraction of sp³-hybridized carbons (Fsp3) is 0.938. The molecule has 18 heavy (non-hydrogen) atoms. The molecule has 0 spiro atoms. The van der Waals surface area contributed by atoms with Crippen molar-refractivity contribution < 1.29 is 4.79 Å². The molecule has 2 heteroatoms. The Morgan fingerprint density at radius 2 is 1.61 bits per heavy atom. The van der Waals surface area contributed by atoms with Gasteiger partial charge in [-0.3, -0.25) is 4.79 Å². The number of hydrogen-bond donors (Lipinski definition) is 0. The Morgan fingerprint density at radius 1 is 1.11 bits per heavy atom. The molecule has 0 rings (SSSR count). The summed E-state index contributed by atoms with van der Waals surface area (Å²) in [6.45, 7) is 19.2. The maximum atomic E-state index is 12.2. The quantitative estimate of drug-likeness (QED) is 0.691. The Morgan fingerprint density at radius 3 is 1.89 bits per heavy atom. The van der Waals surface area contributed by atoms with Crippen molar-refractivity contribution in [3.8, 4) is 0 Å². The van der Waals surface area contributed by atoms with Crippen molar-refractivity contribution in [2.75, 3.05) is 13.1 Å². The molecular formula is C16H33NO. The summed E-state index contributed by atoms with van der Waals surface area (Å²) in [5, 5.41) is 0. The minimum atomic E-state index is 0.0933. The summed E-state index contributed by atoms with van der Waals surface area (Å²) in [5.74, 6) is 0.375. The fourth-order valence-corrected chi connectivity index (χ4v) is 2.37. The van der Waals surface area contributed by atoms with Gasteiger partial charge in [0.2, 0.25) is 5.91 Å². The van der Waals surface area contributed by atoms with Gasteiger partial charge in [-0.25, -0.2) is 0 Å². The zero-order valence-corrected chi connectivity index (χ0v) is 13.8. The lowest BCUT2D eigenvalue weighted by atomic mass is 9.65. The van der Waals surface area contributed by atoms with Crippen LogP contribution in [-0.4, -0.2) is 23.9 Å². The zero-order chi connectivity index (χ0) is 14.6. The van der Waals surface area contributed by atoms with Gasteiger partial charge in [-0.15, -0.1) is 0 Å². The van der Waals surface area contributed by atoms with Gasteiger partial charge in [-0.1, -0.05) is 54.9 Å². The van der Waals surface area contributed by atoms with Crippen LogP contribution >= 0.6 is 0 Å². The lowest BCUT2D eigenvalue weighted by Crippen LogP contribution is -2.47. The molecule has 2 nitrogen and oxygen atoms in total. The van der Waals surface area contributed by atoms with E-state index in [0.717, 1.165) is 13.1 Å². The van der Waals surface area contributed by atoms with E-state index in [1.807, 2.05) is 18.7 Å². The van der Waals surface area contributed by atoms with Gasteiger partial charge < -0.3 is 4.90 Å². The monoisotopic (exact) mass is 255 g/mol. The van der Waals surface area contributed by atoms with E-state index < -0.39 is 0 Å². The van der Waals surface area contributed by atoms with Gasteiger partial charge in [0.1, 0.15) is 0 Å². The van der Waals surface area contributed by atoms with Gasteiger partial charge in [0.05, 0.1) is 0 Å². The predicted molar refractivity (Wildman–Crippen MR) is 79.6 cm³/mol. The molecule has 0 aliphatic carbocycles. The van der Waals surface area contributed by atoms with Gasteiger partial charge >= 0.3 is 0 Å². The molecule has 0 fully saturated rings. The summed E-state index contributed by atoms with van der Waals surface area (Å²) >= 11 is 0. The number of amides is 1. The number of rotatable bonds is 6. The van der Waals surface area contributed by atoms with Gasteiger partial charge in [0, 0.05) is 19.0 Å². The summed E-state index contributed by atoms with van der Waals surface area (Å²) < 4.78 is 0. The molecule has 0 bridgehead atoms. The summed E-state index contributed by atoms with van der Waals surface area (Å²) in [4.78, 5) is 14.2. The first kappa shape index (κ1) is 17.5. The molecule has 0 radical (unpaired) electrons. The van der Waals surface area contributed by atoms with Crippen LogP contribution in [0.15, 0.2) is 0 Å². The van der Waals surface area contributed by atoms with Crippen LogP contribution in [0, 0.1) is 16.7 Å². The normalized spacial score (nSPS) is 15.6. The van der Waals surface area contributed by atoms with E-state index in [-0.39, 0.29) is 22.7 Å². The molecule has 0 heterocycles. The largest absolute Gasteiger partial charge is 0.342 e. The van der Waals surface area contributed by atoms with Crippen LogP contribution in [0.5, 0.6) is 0 Å². The van der Waals surface area contributed by atoms with Crippen molar-refractivity contribution in [2.24, 2.45) is 16.7 Å². The molecule has 1 atom stereocenters. The van der Waals surface area contributed by atoms with E-state index in [1.54, 1.807) is 0 Å². The lowest BCUT2D eigenvalue weighted by Gasteiger charge is -2.45. The average molecular weight is 255 g/mol. The smallest absolute Gasteiger partial charge is 0.225 e. The molecule has 0 aliphatic rings. The first-order valence-corrected chi connectivity index (χ1v) is 7.37. The van der Waals surface area contributed by atoms with Crippen LogP contribution < -0.4 is 0 Å². The minimum Gasteiger partial charge on any atom is -0.342 e. The molecule has 0 saturated carbocycles. The highest BCUT2D eigenvalue weighted by Gasteiger charge is 2.38. The second-order valence-corrected chi connectivity index (χ2v) is 7.07. The van der Waals surface area contributed by atoms with E-state index in [9.17, 15) is 4.79 Å². The minimum absolute atomic E-state index is 0.0933. The molecule has 0 aromatic heterocycles. The maximum Gasteiger partial charge on any atom is 0.225 e. The zero-order valence-electron chi connectivity index (χ0n) is 13.8. The first-order chi connectivity index (χ1) is 8.09. The molecule has 1 amide bonds. The van der Waals surface area contributed by atoms with Gasteiger partial charge in [-0.05, 0) is 24.2 Å². The van der Waals surface area contributed by atoms with E-state index in [0.29, 0.717) is 0 Å². The summed E-state index contributed by atoms with van der Waals surface area (Å²) in [6, 6.07) is 0. The Balaban J connectivity index is 5.02. The Hall–Kier alpha value is -0.530. The lowest BCUT2D eigenvalue weighted by molar-refractivity contribution is -0.137. The van der Waals surface area contributed by atoms with Crippen molar-refractivity contribution in [1.82, 2.24) is 4.90 Å². The number of carbonyl (C=O) groups is 1. The van der Waals surface area contributed by atoms with Crippen molar-refractivity contribution in [2.45, 2.75) is 68.2 Å². The van der Waals surface area contributed by atoms with Crippen LogP contribution in [0.1, 0.15) is 68.2 Å². The third-order valence-electron chi connectivity index (χ3n) is 4.34. The van der Waals surface area contributed by atoms with E-state index >= 15 is 0 Å². The van der Waals surface area contributed by atoms with Gasteiger partial charge in [0.25, 0.3) is 0 Å². The average Bonchev–Trinajstić information content (AvgIpc) is 2.23. The predicted octanol–water partition coefficient (Wildman–Crippen LogP) is 4.34. The third kappa shape index (κ3) is 4.29. The maximum absolute atomic E-state index is 12.2. The van der Waals surface area contributed by atoms with Gasteiger partial charge in [0.15, 0.2) is 0 Å². The molecule has 0 aromatic carbocycles. The SMILES string of the molecule is CCCC(C)(CN(CC)C(=O)C(C)C)C(C)(C)C. The molecule has 0 aromatic rings. The van der Waals surface area contributed by atoms with E-state index in [4.69, 9.17) is 0 Å². The molecular weight excluding hydrogens is 222 g/mol. The molecule has 1 unspecified atom stereocenters. The van der Waals surface area contributed by atoms with Gasteiger partial charge in [-0.2, -0.15) is 0 Å². The van der Waals surface area contributed by atoms with E-state index in [2.05, 4.69) is 41.5 Å². The third-order valence-corrected chi connectivity index (χ3v) is 4.34. The van der Waals surface area contributed by atoms with E-state index in [1.165, 1.54) is 12.8 Å². The Bertz CT molecular complexity index is 265. The fourth-order valence-electron chi connectivity index (χ4n) is 2.37. The Kier molecular flexibility index (Phi) is 6.39. The highest BCUT2D eigenvalue weighted by Crippen LogP contribution is 2.42. The van der Waals surface area contributed by atoms with Crippen molar-refractivity contribution in [3.63, 3.8) is 0 Å². The standard InChI is InChI=1S/C16H33NO/c1-9-11-16(8,15(5,6)7)12-17(10-2)14(18)13(3)4/h13H,9-12H2,1-8H3. The molecule has 0 saturated heterocycles. The number of carbonyl (C=O) groups excluding carboxylic acids is 1. The van der Waals surface area contributed by atoms with Crippen molar-refractivity contribution >= 4 is 5.91 Å². The van der Waals surface area contributed by atoms with Crippen molar-refractivity contribution in [3.05, 3.63) is 0 Å². The summed E-state index contributed by atoms with van der Waals surface area (Å²) in [6.07, 6.45) is 2.33. The summed E-state index contributed by atoms with van der Waals surface area (Å²) in [7, 11) is 0. The van der Waals surface area contributed by atoms with Crippen LogP contribution in [-0.2, 0) is 4.79 Å². The highest BCUT2D eigenvalue weighted by atomic mass is 16.2. The molecule has 0 N–H and O–H groups in total. The number of hydrogen-bond acceptors (Lipinski definition) is 1.